The van der Waals surface area contributed by atoms with Gasteiger partial charge in [-0.25, -0.2) is 3.11 Å². The fourth-order valence-electron chi connectivity index (χ4n) is 1.91. The molecule has 0 bridgehead atoms. The van der Waals surface area contributed by atoms with E-state index < -0.39 is 0 Å². The molecule has 0 radical (unpaired) electrons. The summed E-state index contributed by atoms with van der Waals surface area (Å²) < 4.78 is 2.33. The van der Waals surface area contributed by atoms with E-state index in [1.807, 2.05) is 0 Å². The van der Waals surface area contributed by atoms with Gasteiger partial charge in [0, 0.05) is 28.9 Å². The lowest BCUT2D eigenvalue weighted by Gasteiger charge is -2.30. The highest BCUT2D eigenvalue weighted by atomic mass is 127. The van der Waals surface area contributed by atoms with Gasteiger partial charge in [-0.15, -0.1) is 0 Å². The third-order valence-corrected chi connectivity index (χ3v) is 3.77. The summed E-state index contributed by atoms with van der Waals surface area (Å²) in [5.74, 6) is 0.964. The molecule has 0 amide bonds. The Hall–Kier alpha value is 0.690. The highest BCUT2D eigenvalue weighted by molar-refractivity contribution is 14.1. The summed E-state index contributed by atoms with van der Waals surface area (Å²) in [5.41, 5.74) is 0. The van der Waals surface area contributed by atoms with Gasteiger partial charge in [0.15, 0.2) is 0 Å². The summed E-state index contributed by atoms with van der Waals surface area (Å²) in [4.78, 5) is 0. The van der Waals surface area contributed by atoms with Gasteiger partial charge in [0.1, 0.15) is 0 Å². The van der Waals surface area contributed by atoms with Crippen molar-refractivity contribution < 1.29 is 0 Å². The number of nitrogens with zero attached hydrogens (tertiary/aromatic N) is 1. The number of rotatable bonds is 2. The molecule has 1 aliphatic carbocycles. The van der Waals surface area contributed by atoms with E-state index in [9.17, 15) is 0 Å². The maximum absolute atomic E-state index is 2.40. The SMILES string of the molecule is CC(C1CCCCC1)N(C)I. The highest BCUT2D eigenvalue weighted by Crippen LogP contribution is 2.29. The zero-order chi connectivity index (χ0) is 8.27. The lowest BCUT2D eigenvalue weighted by atomic mass is 9.85. The van der Waals surface area contributed by atoms with Crippen LogP contribution < -0.4 is 0 Å². The van der Waals surface area contributed by atoms with Crippen LogP contribution in [0.25, 0.3) is 0 Å². The molecule has 0 aromatic heterocycles. The van der Waals surface area contributed by atoms with Gasteiger partial charge in [-0.2, -0.15) is 0 Å². The van der Waals surface area contributed by atoms with Crippen molar-refractivity contribution in [3.8, 4) is 0 Å². The monoisotopic (exact) mass is 267 g/mol. The number of halogens is 1. The Morgan fingerprint density at radius 3 is 2.27 bits per heavy atom. The predicted octanol–water partition coefficient (Wildman–Crippen LogP) is 3.24. The van der Waals surface area contributed by atoms with Crippen molar-refractivity contribution in [2.75, 3.05) is 7.05 Å². The second-order valence-corrected chi connectivity index (χ2v) is 5.19. The van der Waals surface area contributed by atoms with Crippen LogP contribution in [0.2, 0.25) is 0 Å². The van der Waals surface area contributed by atoms with Crippen molar-refractivity contribution in [1.82, 2.24) is 3.11 Å². The van der Waals surface area contributed by atoms with Gasteiger partial charge in [0.2, 0.25) is 0 Å². The normalized spacial score (nSPS) is 24.0. The predicted molar refractivity (Wildman–Crippen MR) is 57.8 cm³/mol. The van der Waals surface area contributed by atoms with E-state index in [0.29, 0.717) is 0 Å². The Morgan fingerprint density at radius 2 is 1.82 bits per heavy atom. The van der Waals surface area contributed by atoms with E-state index in [2.05, 4.69) is 39.9 Å². The minimum atomic E-state index is 0.774. The minimum absolute atomic E-state index is 0.774. The number of hydrogen-bond acceptors (Lipinski definition) is 1. The second kappa shape index (κ2) is 4.65. The van der Waals surface area contributed by atoms with Crippen molar-refractivity contribution in [1.29, 1.82) is 0 Å². The molecule has 1 fully saturated rings. The summed E-state index contributed by atoms with van der Waals surface area (Å²) in [6.07, 6.45) is 7.29. The van der Waals surface area contributed by atoms with Crippen molar-refractivity contribution in [3.05, 3.63) is 0 Å². The Morgan fingerprint density at radius 1 is 1.27 bits per heavy atom. The van der Waals surface area contributed by atoms with E-state index in [-0.39, 0.29) is 0 Å². The smallest absolute Gasteiger partial charge is 0.0201 e. The van der Waals surface area contributed by atoms with Gasteiger partial charge in [0.05, 0.1) is 0 Å². The largest absolute Gasteiger partial charge is 0.248 e. The summed E-state index contributed by atoms with van der Waals surface area (Å²) >= 11 is 2.40. The molecule has 11 heavy (non-hydrogen) atoms. The van der Waals surface area contributed by atoms with Crippen LogP contribution in [0.5, 0.6) is 0 Å². The van der Waals surface area contributed by atoms with E-state index in [0.717, 1.165) is 12.0 Å². The van der Waals surface area contributed by atoms with E-state index in [1.165, 1.54) is 32.1 Å². The third-order valence-electron chi connectivity index (χ3n) is 2.89. The van der Waals surface area contributed by atoms with Crippen LogP contribution in [0.15, 0.2) is 0 Å². The molecule has 0 spiro atoms. The maximum Gasteiger partial charge on any atom is 0.0201 e. The summed E-state index contributed by atoms with van der Waals surface area (Å²) in [7, 11) is 2.18. The Kier molecular flexibility index (Phi) is 4.13. The fourth-order valence-corrected chi connectivity index (χ4v) is 2.36. The molecule has 1 aliphatic rings. The molecule has 1 nitrogen and oxygen atoms in total. The average Bonchev–Trinajstić information content (AvgIpc) is 2.05. The summed E-state index contributed by atoms with van der Waals surface area (Å²) in [6, 6.07) is 0.774. The van der Waals surface area contributed by atoms with Crippen LogP contribution in [0.1, 0.15) is 39.0 Å². The van der Waals surface area contributed by atoms with E-state index in [4.69, 9.17) is 0 Å². The van der Waals surface area contributed by atoms with Crippen LogP contribution >= 0.6 is 22.9 Å². The molecule has 1 saturated carbocycles. The molecule has 0 aromatic rings. The first-order chi connectivity index (χ1) is 5.22. The number of hydrogen-bond donors (Lipinski definition) is 0. The van der Waals surface area contributed by atoms with Gasteiger partial charge < -0.3 is 0 Å². The molecular formula is C9H18IN. The first-order valence-corrected chi connectivity index (χ1v) is 5.57. The van der Waals surface area contributed by atoms with Crippen molar-refractivity contribution in [3.63, 3.8) is 0 Å². The van der Waals surface area contributed by atoms with Gasteiger partial charge in [-0.05, 0) is 32.7 Å². The molecule has 1 atom stereocenters. The quantitative estimate of drug-likeness (QED) is 0.548. The molecule has 0 aromatic carbocycles. The molecule has 0 saturated heterocycles. The summed E-state index contributed by atoms with van der Waals surface area (Å²) in [6.45, 7) is 2.35. The van der Waals surface area contributed by atoms with E-state index >= 15 is 0 Å². The van der Waals surface area contributed by atoms with Crippen molar-refractivity contribution in [2.24, 2.45) is 5.92 Å². The van der Waals surface area contributed by atoms with Crippen LogP contribution in [-0.4, -0.2) is 16.2 Å². The first kappa shape index (κ1) is 9.78. The molecule has 66 valence electrons. The molecule has 1 rings (SSSR count). The standard InChI is InChI=1S/C9H18IN/c1-8(11(2)10)9-6-4-3-5-7-9/h8-9H,3-7H2,1-2H3. The Bertz CT molecular complexity index is 108. The Balaban J connectivity index is 2.32. The molecule has 0 N–H and O–H groups in total. The fraction of sp³-hybridized carbons (Fsp3) is 1.00. The van der Waals surface area contributed by atoms with Crippen LogP contribution in [0, 0.1) is 5.92 Å². The van der Waals surface area contributed by atoms with E-state index in [1.54, 1.807) is 0 Å². The van der Waals surface area contributed by atoms with Gasteiger partial charge in [0.25, 0.3) is 0 Å². The lowest BCUT2D eigenvalue weighted by molar-refractivity contribution is 0.249. The molecular weight excluding hydrogens is 249 g/mol. The highest BCUT2D eigenvalue weighted by Gasteiger charge is 2.21. The minimum Gasteiger partial charge on any atom is -0.248 e. The molecule has 1 unspecified atom stereocenters. The zero-order valence-corrected chi connectivity index (χ0v) is 9.67. The van der Waals surface area contributed by atoms with Crippen molar-refractivity contribution >= 4 is 22.9 Å². The van der Waals surface area contributed by atoms with Crippen LogP contribution in [0.4, 0.5) is 0 Å². The van der Waals surface area contributed by atoms with Crippen molar-refractivity contribution in [2.45, 2.75) is 45.1 Å². The molecule has 2 heteroatoms. The summed E-state index contributed by atoms with van der Waals surface area (Å²) in [5, 5.41) is 0. The second-order valence-electron chi connectivity index (χ2n) is 3.66. The third kappa shape index (κ3) is 2.90. The van der Waals surface area contributed by atoms with Crippen LogP contribution in [-0.2, 0) is 0 Å². The average molecular weight is 267 g/mol. The first-order valence-electron chi connectivity index (χ1n) is 4.60. The Labute approximate surface area is 84.0 Å². The van der Waals surface area contributed by atoms with Gasteiger partial charge in [-0.1, -0.05) is 19.3 Å². The molecule has 0 heterocycles. The zero-order valence-electron chi connectivity index (χ0n) is 7.52. The molecule has 0 aliphatic heterocycles. The maximum atomic E-state index is 2.40. The van der Waals surface area contributed by atoms with Gasteiger partial charge in [-0.3, -0.25) is 0 Å². The van der Waals surface area contributed by atoms with Crippen LogP contribution in [0.3, 0.4) is 0 Å². The topological polar surface area (TPSA) is 3.24 Å². The lowest BCUT2D eigenvalue weighted by Crippen LogP contribution is -2.29. The van der Waals surface area contributed by atoms with Gasteiger partial charge >= 0.3 is 0 Å².